The van der Waals surface area contributed by atoms with E-state index in [0.29, 0.717) is 27.4 Å². The maximum absolute atomic E-state index is 13.6. The number of carbonyl (C=O) groups is 1. The van der Waals surface area contributed by atoms with Crippen molar-refractivity contribution in [1.82, 2.24) is 19.7 Å². The number of carboxylic acids is 1. The van der Waals surface area contributed by atoms with Gasteiger partial charge in [0.25, 0.3) is 0 Å². The highest BCUT2D eigenvalue weighted by Gasteiger charge is 2.13. The molecule has 0 fully saturated rings. The summed E-state index contributed by atoms with van der Waals surface area (Å²) in [6, 6.07) is 7.27. The molecule has 1 N–H and O–H groups in total. The Morgan fingerprint density at radius 3 is 2.72 bits per heavy atom. The molecule has 29 heavy (non-hydrogen) atoms. The first-order chi connectivity index (χ1) is 13.8. The number of aromatic carboxylic acids is 1. The lowest BCUT2D eigenvalue weighted by molar-refractivity contribution is 0.0699. The molecule has 6 nitrogen and oxygen atoms in total. The minimum atomic E-state index is -1.11. The van der Waals surface area contributed by atoms with Gasteiger partial charge in [0.15, 0.2) is 5.65 Å². The van der Waals surface area contributed by atoms with Crippen LogP contribution in [-0.2, 0) is 0 Å². The van der Waals surface area contributed by atoms with Crippen LogP contribution in [0.4, 0.5) is 4.39 Å². The second-order valence-corrected chi connectivity index (χ2v) is 7.22. The highest BCUT2D eigenvalue weighted by Crippen LogP contribution is 2.25. The Bertz CT molecular complexity index is 1300. The molecule has 4 rings (SSSR count). The standard InChI is InChI=1S/C21H16ClFN4O2/c1-11(2)27-20-13(10-24-27)7-12(19(22)26-20)3-5-15-9-17(21(28)29)16-6-4-14(23)8-18(16)25-15/h3-11H,1-2H3,(H,28,29)/b5-3+. The number of fused-ring (bicyclic) bond motifs is 2. The normalized spacial score (nSPS) is 11.9. The quantitative estimate of drug-likeness (QED) is 0.466. The lowest BCUT2D eigenvalue weighted by atomic mass is 10.1. The molecule has 0 atom stereocenters. The fourth-order valence-corrected chi connectivity index (χ4v) is 3.32. The molecule has 0 saturated heterocycles. The summed E-state index contributed by atoms with van der Waals surface area (Å²) < 4.78 is 15.4. The molecule has 0 unspecified atom stereocenters. The van der Waals surface area contributed by atoms with E-state index in [0.717, 1.165) is 5.39 Å². The number of carboxylic acid groups (broad SMARTS) is 1. The van der Waals surface area contributed by atoms with E-state index < -0.39 is 11.8 Å². The zero-order chi connectivity index (χ0) is 20.7. The molecule has 3 aromatic heterocycles. The maximum Gasteiger partial charge on any atom is 0.336 e. The smallest absolute Gasteiger partial charge is 0.336 e. The molecule has 0 bridgehead atoms. The van der Waals surface area contributed by atoms with E-state index in [9.17, 15) is 14.3 Å². The van der Waals surface area contributed by atoms with Gasteiger partial charge >= 0.3 is 5.97 Å². The van der Waals surface area contributed by atoms with Gasteiger partial charge in [-0.1, -0.05) is 11.6 Å². The van der Waals surface area contributed by atoms with E-state index in [1.54, 1.807) is 23.0 Å². The van der Waals surface area contributed by atoms with E-state index in [1.165, 1.54) is 24.3 Å². The summed E-state index contributed by atoms with van der Waals surface area (Å²) in [5, 5.41) is 15.3. The van der Waals surface area contributed by atoms with Gasteiger partial charge in [-0.2, -0.15) is 5.10 Å². The summed E-state index contributed by atoms with van der Waals surface area (Å²) in [5.41, 5.74) is 2.01. The lowest BCUT2D eigenvalue weighted by Gasteiger charge is -2.07. The van der Waals surface area contributed by atoms with E-state index in [1.807, 2.05) is 19.9 Å². The van der Waals surface area contributed by atoms with Crippen molar-refractivity contribution in [2.24, 2.45) is 0 Å². The first-order valence-corrected chi connectivity index (χ1v) is 9.26. The van der Waals surface area contributed by atoms with Crippen LogP contribution in [0.5, 0.6) is 0 Å². The molecule has 0 aliphatic carbocycles. The summed E-state index contributed by atoms with van der Waals surface area (Å²) in [4.78, 5) is 20.4. The fraction of sp³-hybridized carbons (Fsp3) is 0.143. The van der Waals surface area contributed by atoms with Crippen LogP contribution in [0.1, 0.15) is 41.5 Å². The summed E-state index contributed by atoms with van der Waals surface area (Å²) in [6.07, 6.45) is 5.04. The van der Waals surface area contributed by atoms with Crippen LogP contribution in [0.2, 0.25) is 5.15 Å². The summed E-state index contributed by atoms with van der Waals surface area (Å²) in [6.45, 7) is 4.01. The van der Waals surface area contributed by atoms with Crippen molar-refractivity contribution in [2.75, 3.05) is 0 Å². The molecule has 0 aliphatic heterocycles. The monoisotopic (exact) mass is 410 g/mol. The minimum absolute atomic E-state index is 0.0486. The van der Waals surface area contributed by atoms with Gasteiger partial charge in [-0.25, -0.2) is 23.8 Å². The molecule has 0 amide bonds. The number of rotatable bonds is 4. The number of pyridine rings is 2. The minimum Gasteiger partial charge on any atom is -0.478 e. The molecule has 4 aromatic rings. The van der Waals surface area contributed by atoms with Crippen molar-refractivity contribution < 1.29 is 14.3 Å². The van der Waals surface area contributed by atoms with Gasteiger partial charge in [0.1, 0.15) is 11.0 Å². The van der Waals surface area contributed by atoms with Gasteiger partial charge in [0.2, 0.25) is 0 Å². The molecule has 146 valence electrons. The first-order valence-electron chi connectivity index (χ1n) is 8.89. The van der Waals surface area contributed by atoms with E-state index >= 15 is 0 Å². The third-order valence-electron chi connectivity index (χ3n) is 4.49. The highest BCUT2D eigenvalue weighted by atomic mass is 35.5. The van der Waals surface area contributed by atoms with Crippen LogP contribution in [0.3, 0.4) is 0 Å². The second kappa shape index (κ2) is 7.25. The van der Waals surface area contributed by atoms with Crippen molar-refractivity contribution in [2.45, 2.75) is 19.9 Å². The Morgan fingerprint density at radius 2 is 2.00 bits per heavy atom. The molecule has 0 spiro atoms. The van der Waals surface area contributed by atoms with Gasteiger partial charge in [0.05, 0.1) is 23.0 Å². The van der Waals surface area contributed by atoms with Crippen molar-refractivity contribution in [3.8, 4) is 0 Å². The average Bonchev–Trinajstić information content (AvgIpc) is 3.07. The van der Waals surface area contributed by atoms with Crippen molar-refractivity contribution in [3.63, 3.8) is 0 Å². The van der Waals surface area contributed by atoms with E-state index in [4.69, 9.17) is 11.6 Å². The molecular weight excluding hydrogens is 395 g/mol. The third-order valence-corrected chi connectivity index (χ3v) is 4.80. The molecule has 0 saturated carbocycles. The number of benzene rings is 1. The van der Waals surface area contributed by atoms with Gasteiger partial charge in [0, 0.05) is 28.4 Å². The van der Waals surface area contributed by atoms with Crippen LogP contribution in [0.25, 0.3) is 34.1 Å². The zero-order valence-electron chi connectivity index (χ0n) is 15.6. The summed E-state index contributed by atoms with van der Waals surface area (Å²) in [5.74, 6) is -1.59. The van der Waals surface area contributed by atoms with Crippen LogP contribution in [0, 0.1) is 5.82 Å². The second-order valence-electron chi connectivity index (χ2n) is 6.86. The molecule has 0 aliphatic rings. The number of halogens is 2. The Labute approximate surface area is 170 Å². The third kappa shape index (κ3) is 3.56. The largest absolute Gasteiger partial charge is 0.478 e. The molecule has 0 radical (unpaired) electrons. The van der Waals surface area contributed by atoms with Crippen LogP contribution < -0.4 is 0 Å². The van der Waals surface area contributed by atoms with E-state index in [-0.39, 0.29) is 17.1 Å². The van der Waals surface area contributed by atoms with Crippen molar-refractivity contribution >= 4 is 51.7 Å². The first kappa shape index (κ1) is 19.0. The molecular formula is C21H16ClFN4O2. The molecule has 3 heterocycles. The summed E-state index contributed by atoms with van der Waals surface area (Å²) in [7, 11) is 0. The number of aromatic nitrogens is 4. The number of nitrogens with zero attached hydrogens (tertiary/aromatic N) is 4. The lowest BCUT2D eigenvalue weighted by Crippen LogP contribution is -2.03. The van der Waals surface area contributed by atoms with Gasteiger partial charge < -0.3 is 5.11 Å². The molecule has 8 heteroatoms. The average molecular weight is 411 g/mol. The van der Waals surface area contributed by atoms with Crippen molar-refractivity contribution in [3.05, 3.63) is 64.3 Å². The number of hydrogen-bond acceptors (Lipinski definition) is 4. The topological polar surface area (TPSA) is 80.9 Å². The Balaban J connectivity index is 1.78. The van der Waals surface area contributed by atoms with E-state index in [2.05, 4.69) is 15.1 Å². The van der Waals surface area contributed by atoms with Gasteiger partial charge in [-0.3, -0.25) is 0 Å². The van der Waals surface area contributed by atoms with Gasteiger partial charge in [-0.15, -0.1) is 0 Å². The maximum atomic E-state index is 13.6. The Hall–Kier alpha value is -3.32. The van der Waals surface area contributed by atoms with Crippen LogP contribution >= 0.6 is 11.6 Å². The SMILES string of the molecule is CC(C)n1ncc2cc(/C=C/c3cc(C(=O)O)c4ccc(F)cc4n3)c(Cl)nc21. The zero-order valence-corrected chi connectivity index (χ0v) is 16.4. The predicted molar refractivity (Wildman–Crippen MR) is 111 cm³/mol. The van der Waals surface area contributed by atoms with Gasteiger partial charge in [-0.05, 0) is 50.3 Å². The fourth-order valence-electron chi connectivity index (χ4n) is 3.13. The Morgan fingerprint density at radius 1 is 1.21 bits per heavy atom. The highest BCUT2D eigenvalue weighted by molar-refractivity contribution is 6.31. The van der Waals surface area contributed by atoms with Crippen LogP contribution in [-0.4, -0.2) is 30.8 Å². The predicted octanol–water partition coefficient (Wildman–Crippen LogP) is 5.22. The van der Waals surface area contributed by atoms with Crippen LogP contribution in [0.15, 0.2) is 36.5 Å². The molecule has 1 aromatic carbocycles. The Kier molecular flexibility index (Phi) is 4.76. The summed E-state index contributed by atoms with van der Waals surface area (Å²) >= 11 is 6.33. The van der Waals surface area contributed by atoms with Crippen molar-refractivity contribution in [1.29, 1.82) is 0 Å². The number of hydrogen-bond donors (Lipinski definition) is 1.